The molecule has 0 bridgehead atoms. The van der Waals surface area contributed by atoms with E-state index < -0.39 is 23.6 Å². The van der Waals surface area contributed by atoms with Crippen molar-refractivity contribution in [3.63, 3.8) is 0 Å². The molecule has 204 valence electrons. The first-order valence-corrected chi connectivity index (χ1v) is 13.0. The highest BCUT2D eigenvalue weighted by Crippen LogP contribution is 2.29. The Hall–Kier alpha value is -3.40. The van der Waals surface area contributed by atoms with Crippen LogP contribution in [-0.2, 0) is 22.2 Å². The number of likely N-dealkylation sites (tertiary alicyclic amines) is 1. The van der Waals surface area contributed by atoms with E-state index in [0.29, 0.717) is 13.0 Å². The molecule has 2 aromatic rings. The molecule has 2 fully saturated rings. The molecule has 0 aromatic heterocycles. The summed E-state index contributed by atoms with van der Waals surface area (Å²) in [5, 5.41) is 8.54. The molecule has 1 aliphatic heterocycles. The smallest absolute Gasteiger partial charge is 0.352 e. The lowest BCUT2D eigenvalue weighted by atomic mass is 9.89. The second-order valence-electron chi connectivity index (χ2n) is 10.00. The molecule has 1 saturated heterocycles. The van der Waals surface area contributed by atoms with Gasteiger partial charge in [-0.15, -0.1) is 0 Å². The number of halogens is 3. The minimum atomic E-state index is -4.55. The SMILES string of the molecule is O=C(CNC(=O)c1cccc(C(F)(F)F)c1)N[C@@H]1CCN([C@@H]2CCCC[C@@H]2NC(=O)Cc2ccccc2)C1. The number of hydrogen-bond donors (Lipinski definition) is 3. The van der Waals surface area contributed by atoms with E-state index in [-0.39, 0.29) is 36.1 Å². The van der Waals surface area contributed by atoms with Crippen molar-refractivity contribution in [3.05, 3.63) is 71.3 Å². The summed E-state index contributed by atoms with van der Waals surface area (Å²) < 4.78 is 38.7. The molecule has 3 atom stereocenters. The first-order valence-electron chi connectivity index (χ1n) is 13.0. The van der Waals surface area contributed by atoms with Crippen molar-refractivity contribution in [2.24, 2.45) is 0 Å². The number of carbonyl (C=O) groups excluding carboxylic acids is 3. The second kappa shape index (κ2) is 12.4. The van der Waals surface area contributed by atoms with Crippen molar-refractivity contribution in [1.29, 1.82) is 0 Å². The number of nitrogens with one attached hydrogen (secondary N) is 3. The highest BCUT2D eigenvalue weighted by molar-refractivity contribution is 5.96. The number of amides is 3. The standard InChI is InChI=1S/C28H33F3N4O3/c29-28(30,31)21-10-6-9-20(16-21)27(38)32-17-26(37)33-22-13-14-35(18-22)24-12-5-4-11-23(24)34-25(36)15-19-7-2-1-3-8-19/h1-3,6-10,16,22-24H,4-5,11-15,17-18H2,(H,32,38)(H,33,37)(H,34,36)/t22-,23+,24-/m1/s1. The number of alkyl halides is 3. The summed E-state index contributed by atoms with van der Waals surface area (Å²) in [7, 11) is 0. The van der Waals surface area contributed by atoms with Gasteiger partial charge >= 0.3 is 6.18 Å². The van der Waals surface area contributed by atoms with Gasteiger partial charge in [0.2, 0.25) is 11.8 Å². The third kappa shape index (κ3) is 7.56. The third-order valence-corrected chi connectivity index (χ3v) is 7.20. The lowest BCUT2D eigenvalue weighted by molar-refractivity contribution is -0.137. The molecule has 1 saturated carbocycles. The highest BCUT2D eigenvalue weighted by atomic mass is 19.4. The molecule has 38 heavy (non-hydrogen) atoms. The maximum atomic E-state index is 12.9. The van der Waals surface area contributed by atoms with Crippen LogP contribution in [0.1, 0.15) is 53.6 Å². The van der Waals surface area contributed by atoms with Crippen LogP contribution < -0.4 is 16.0 Å². The van der Waals surface area contributed by atoms with Crippen molar-refractivity contribution in [1.82, 2.24) is 20.9 Å². The van der Waals surface area contributed by atoms with Crippen LogP contribution in [0.5, 0.6) is 0 Å². The summed E-state index contributed by atoms with van der Waals surface area (Å²) in [4.78, 5) is 39.7. The zero-order chi connectivity index (χ0) is 27.1. The molecule has 10 heteroatoms. The number of carbonyl (C=O) groups is 3. The molecule has 0 unspecified atom stereocenters. The summed E-state index contributed by atoms with van der Waals surface area (Å²) >= 11 is 0. The number of nitrogens with zero attached hydrogens (tertiary/aromatic N) is 1. The summed E-state index contributed by atoms with van der Waals surface area (Å²) in [6.45, 7) is 1.10. The van der Waals surface area contributed by atoms with Crippen LogP contribution in [-0.4, -0.2) is 60.4 Å². The van der Waals surface area contributed by atoms with Crippen LogP contribution in [0, 0.1) is 0 Å². The summed E-state index contributed by atoms with van der Waals surface area (Å²) in [6, 6.07) is 13.9. The molecule has 2 aliphatic rings. The predicted molar refractivity (Wildman–Crippen MR) is 136 cm³/mol. The normalized spacial score (nSPS) is 22.0. The van der Waals surface area contributed by atoms with Crippen molar-refractivity contribution in [2.75, 3.05) is 19.6 Å². The lowest BCUT2D eigenvalue weighted by Gasteiger charge is -2.38. The number of hydrogen-bond acceptors (Lipinski definition) is 4. The lowest BCUT2D eigenvalue weighted by Crippen LogP contribution is -2.53. The first-order chi connectivity index (χ1) is 18.2. The highest BCUT2D eigenvalue weighted by Gasteiger charge is 2.36. The minimum absolute atomic E-state index is 0.00802. The zero-order valence-corrected chi connectivity index (χ0v) is 21.1. The Bertz CT molecular complexity index is 1130. The molecule has 3 amide bonds. The monoisotopic (exact) mass is 530 g/mol. The van der Waals surface area contributed by atoms with Crippen LogP contribution in [0.15, 0.2) is 54.6 Å². The molecule has 0 radical (unpaired) electrons. The van der Waals surface area contributed by atoms with E-state index in [4.69, 9.17) is 0 Å². The van der Waals surface area contributed by atoms with Gasteiger partial charge in [0.25, 0.3) is 5.91 Å². The van der Waals surface area contributed by atoms with E-state index in [1.54, 1.807) is 0 Å². The van der Waals surface area contributed by atoms with Crippen molar-refractivity contribution < 1.29 is 27.6 Å². The van der Waals surface area contributed by atoms with Crippen molar-refractivity contribution in [2.45, 2.75) is 62.8 Å². The Labute approximate surface area is 220 Å². The van der Waals surface area contributed by atoms with Crippen molar-refractivity contribution in [3.8, 4) is 0 Å². The molecule has 4 rings (SSSR count). The van der Waals surface area contributed by atoms with E-state index in [2.05, 4.69) is 20.9 Å². The zero-order valence-electron chi connectivity index (χ0n) is 21.1. The maximum absolute atomic E-state index is 12.9. The average molecular weight is 531 g/mol. The third-order valence-electron chi connectivity index (χ3n) is 7.20. The molecular formula is C28H33F3N4O3. The molecule has 1 heterocycles. The van der Waals surface area contributed by atoms with Gasteiger partial charge in [-0.3, -0.25) is 19.3 Å². The summed E-state index contributed by atoms with van der Waals surface area (Å²) in [6.07, 6.45) is 0.578. The molecule has 2 aromatic carbocycles. The van der Waals surface area contributed by atoms with Gasteiger partial charge in [-0.1, -0.05) is 49.2 Å². The van der Waals surface area contributed by atoms with Crippen LogP contribution in [0.3, 0.4) is 0 Å². The van der Waals surface area contributed by atoms with Gasteiger partial charge in [0, 0.05) is 36.8 Å². The predicted octanol–water partition coefficient (Wildman–Crippen LogP) is 3.30. The van der Waals surface area contributed by atoms with E-state index >= 15 is 0 Å². The van der Waals surface area contributed by atoms with Crippen LogP contribution in [0.4, 0.5) is 13.2 Å². The topological polar surface area (TPSA) is 90.5 Å². The van der Waals surface area contributed by atoms with E-state index in [0.717, 1.165) is 62.4 Å². The van der Waals surface area contributed by atoms with Gasteiger partial charge in [-0.05, 0) is 43.0 Å². The molecule has 7 nitrogen and oxygen atoms in total. The Morgan fingerprint density at radius 1 is 0.895 bits per heavy atom. The quantitative estimate of drug-likeness (QED) is 0.489. The number of benzene rings is 2. The minimum Gasteiger partial charge on any atom is -0.352 e. The number of rotatable bonds is 8. The summed E-state index contributed by atoms with van der Waals surface area (Å²) in [5.41, 5.74) is -0.100. The van der Waals surface area contributed by atoms with Crippen LogP contribution >= 0.6 is 0 Å². The summed E-state index contributed by atoms with van der Waals surface area (Å²) in [5.74, 6) is -1.13. The molecule has 0 spiro atoms. The van der Waals surface area contributed by atoms with Gasteiger partial charge in [0.1, 0.15) is 0 Å². The molecule has 1 aliphatic carbocycles. The Kier molecular flexibility index (Phi) is 9.04. The fourth-order valence-corrected chi connectivity index (χ4v) is 5.34. The fraction of sp³-hybridized carbons (Fsp3) is 0.464. The van der Waals surface area contributed by atoms with E-state index in [9.17, 15) is 27.6 Å². The Morgan fingerprint density at radius 3 is 2.42 bits per heavy atom. The van der Waals surface area contributed by atoms with Gasteiger partial charge in [0.15, 0.2) is 0 Å². The van der Waals surface area contributed by atoms with Crippen LogP contribution in [0.25, 0.3) is 0 Å². The van der Waals surface area contributed by atoms with Gasteiger partial charge in [-0.2, -0.15) is 13.2 Å². The van der Waals surface area contributed by atoms with E-state index in [1.807, 2.05) is 30.3 Å². The van der Waals surface area contributed by atoms with Crippen LogP contribution in [0.2, 0.25) is 0 Å². The van der Waals surface area contributed by atoms with Gasteiger partial charge in [0.05, 0.1) is 18.5 Å². The molecule has 3 N–H and O–H groups in total. The Morgan fingerprint density at radius 2 is 1.66 bits per heavy atom. The molecular weight excluding hydrogens is 497 g/mol. The van der Waals surface area contributed by atoms with Gasteiger partial charge in [-0.25, -0.2) is 0 Å². The first kappa shape index (κ1) is 27.6. The fourth-order valence-electron chi connectivity index (χ4n) is 5.34. The second-order valence-corrected chi connectivity index (χ2v) is 10.00. The average Bonchev–Trinajstić information content (AvgIpc) is 3.36. The van der Waals surface area contributed by atoms with E-state index in [1.165, 1.54) is 6.07 Å². The van der Waals surface area contributed by atoms with Gasteiger partial charge < -0.3 is 16.0 Å². The Balaban J connectivity index is 1.24. The van der Waals surface area contributed by atoms with Crippen molar-refractivity contribution >= 4 is 17.7 Å². The largest absolute Gasteiger partial charge is 0.416 e. The maximum Gasteiger partial charge on any atom is 0.416 e.